The molecular weight excluding hydrogens is 240 g/mol. The highest BCUT2D eigenvalue weighted by atomic mass is 16.3. The van der Waals surface area contributed by atoms with Gasteiger partial charge in [0.1, 0.15) is 23.2 Å². The largest absolute Gasteiger partial charge is 0.467 e. The number of hydrogen-bond acceptors (Lipinski definition) is 5. The van der Waals surface area contributed by atoms with Gasteiger partial charge in [0.2, 0.25) is 0 Å². The minimum atomic E-state index is 0.544. The van der Waals surface area contributed by atoms with Crippen LogP contribution in [0.3, 0.4) is 0 Å². The average Bonchev–Trinajstić information content (AvgIpc) is 3.14. The molecule has 0 saturated heterocycles. The Labute approximate surface area is 112 Å². The van der Waals surface area contributed by atoms with Gasteiger partial charge >= 0.3 is 0 Å². The Hall–Kier alpha value is -2.04. The van der Waals surface area contributed by atoms with Crippen molar-refractivity contribution < 1.29 is 4.42 Å². The molecule has 1 aliphatic carbocycles. The minimum absolute atomic E-state index is 0.544. The summed E-state index contributed by atoms with van der Waals surface area (Å²) in [4.78, 5) is 9.12. The number of nitrogens with one attached hydrogen (secondary N) is 2. The van der Waals surface area contributed by atoms with Gasteiger partial charge in [0.05, 0.1) is 12.8 Å². The van der Waals surface area contributed by atoms with E-state index in [1.807, 2.05) is 18.2 Å². The number of anilines is 2. The summed E-state index contributed by atoms with van der Waals surface area (Å²) in [5.74, 6) is 4.13. The molecule has 0 radical (unpaired) electrons. The van der Waals surface area contributed by atoms with Crippen molar-refractivity contribution in [2.24, 2.45) is 0 Å². The Morgan fingerprint density at radius 2 is 2.05 bits per heavy atom. The lowest BCUT2D eigenvalue weighted by Gasteiger charge is -2.09. The molecule has 2 aromatic heterocycles. The van der Waals surface area contributed by atoms with Crippen LogP contribution < -0.4 is 10.6 Å². The maximum atomic E-state index is 5.30. The molecule has 5 nitrogen and oxygen atoms in total. The Morgan fingerprint density at radius 3 is 2.68 bits per heavy atom. The fraction of sp³-hybridized carbons (Fsp3) is 0.429. The molecule has 0 bridgehead atoms. The maximum absolute atomic E-state index is 5.30. The van der Waals surface area contributed by atoms with Crippen molar-refractivity contribution in [2.75, 3.05) is 17.2 Å². The second-order valence-electron chi connectivity index (χ2n) is 4.73. The van der Waals surface area contributed by atoms with E-state index in [-0.39, 0.29) is 0 Å². The number of hydrogen-bond donors (Lipinski definition) is 2. The van der Waals surface area contributed by atoms with Gasteiger partial charge in [-0.05, 0) is 31.9 Å². The topological polar surface area (TPSA) is 63.0 Å². The molecule has 1 fully saturated rings. The molecule has 0 unspecified atom stereocenters. The van der Waals surface area contributed by atoms with Gasteiger partial charge in [-0.3, -0.25) is 0 Å². The molecule has 2 N–H and O–H groups in total. The van der Waals surface area contributed by atoms with Crippen molar-refractivity contribution in [1.82, 2.24) is 9.97 Å². The predicted molar refractivity (Wildman–Crippen MR) is 74.2 cm³/mol. The van der Waals surface area contributed by atoms with Crippen molar-refractivity contribution in [2.45, 2.75) is 32.2 Å². The Morgan fingerprint density at radius 1 is 1.26 bits per heavy atom. The molecule has 2 heterocycles. The SMILES string of the molecule is CCNc1cc(NCc2ccco2)nc(C2CC2)n1. The maximum Gasteiger partial charge on any atom is 0.136 e. The van der Waals surface area contributed by atoms with Gasteiger partial charge in [-0.2, -0.15) is 0 Å². The van der Waals surface area contributed by atoms with E-state index in [1.54, 1.807) is 6.26 Å². The van der Waals surface area contributed by atoms with E-state index < -0.39 is 0 Å². The predicted octanol–water partition coefficient (Wildman–Crippen LogP) is 2.99. The van der Waals surface area contributed by atoms with E-state index in [0.717, 1.165) is 29.8 Å². The van der Waals surface area contributed by atoms with Crippen LogP contribution in [0.5, 0.6) is 0 Å². The van der Waals surface area contributed by atoms with Gasteiger partial charge in [0.25, 0.3) is 0 Å². The third kappa shape index (κ3) is 3.05. The number of furan rings is 1. The summed E-state index contributed by atoms with van der Waals surface area (Å²) in [7, 11) is 0. The van der Waals surface area contributed by atoms with Crippen molar-refractivity contribution >= 4 is 11.6 Å². The second-order valence-corrected chi connectivity index (χ2v) is 4.73. The average molecular weight is 258 g/mol. The standard InChI is InChI=1S/C14H18N4O/c1-2-15-12-8-13(16-9-11-4-3-7-19-11)18-14(17-12)10-5-6-10/h3-4,7-8,10H,2,5-6,9H2,1H3,(H2,15,16,17,18). The monoisotopic (exact) mass is 258 g/mol. The Bertz CT molecular complexity index is 534. The van der Waals surface area contributed by atoms with Crippen molar-refractivity contribution in [3.63, 3.8) is 0 Å². The third-order valence-electron chi connectivity index (χ3n) is 3.07. The summed E-state index contributed by atoms with van der Waals surface area (Å²) < 4.78 is 5.30. The summed E-state index contributed by atoms with van der Waals surface area (Å²) in [6, 6.07) is 5.77. The van der Waals surface area contributed by atoms with Crippen molar-refractivity contribution in [3.8, 4) is 0 Å². The molecule has 0 aliphatic heterocycles. The first-order valence-electron chi connectivity index (χ1n) is 6.74. The molecule has 0 spiro atoms. The summed E-state index contributed by atoms with van der Waals surface area (Å²) in [5.41, 5.74) is 0. The van der Waals surface area contributed by atoms with Crippen LogP contribution in [0.4, 0.5) is 11.6 Å². The van der Waals surface area contributed by atoms with E-state index in [9.17, 15) is 0 Å². The molecule has 0 aromatic carbocycles. The zero-order valence-electron chi connectivity index (χ0n) is 11.0. The first-order valence-corrected chi connectivity index (χ1v) is 6.74. The van der Waals surface area contributed by atoms with E-state index in [0.29, 0.717) is 12.5 Å². The lowest BCUT2D eigenvalue weighted by molar-refractivity contribution is 0.517. The smallest absolute Gasteiger partial charge is 0.136 e. The van der Waals surface area contributed by atoms with Crippen LogP contribution in [0.1, 0.15) is 37.3 Å². The second kappa shape index (κ2) is 5.30. The highest BCUT2D eigenvalue weighted by molar-refractivity contribution is 5.48. The van der Waals surface area contributed by atoms with Crippen LogP contribution in [-0.4, -0.2) is 16.5 Å². The number of aromatic nitrogens is 2. The van der Waals surface area contributed by atoms with Gasteiger partial charge in [0, 0.05) is 18.5 Å². The molecule has 0 atom stereocenters. The van der Waals surface area contributed by atoms with Crippen LogP contribution in [0.25, 0.3) is 0 Å². The molecule has 0 amide bonds. The Balaban J connectivity index is 1.74. The van der Waals surface area contributed by atoms with Gasteiger partial charge < -0.3 is 15.1 Å². The molecule has 1 aliphatic rings. The molecule has 2 aromatic rings. The van der Waals surface area contributed by atoms with E-state index in [1.165, 1.54) is 12.8 Å². The zero-order chi connectivity index (χ0) is 13.1. The summed E-state index contributed by atoms with van der Waals surface area (Å²) in [5, 5.41) is 6.53. The van der Waals surface area contributed by atoms with Gasteiger partial charge in [-0.25, -0.2) is 9.97 Å². The molecule has 100 valence electrons. The quantitative estimate of drug-likeness (QED) is 0.834. The lowest BCUT2D eigenvalue weighted by Crippen LogP contribution is -2.07. The van der Waals surface area contributed by atoms with Crippen molar-refractivity contribution in [3.05, 3.63) is 36.0 Å². The van der Waals surface area contributed by atoms with E-state index in [4.69, 9.17) is 4.42 Å². The van der Waals surface area contributed by atoms with Crippen LogP contribution in [0.2, 0.25) is 0 Å². The van der Waals surface area contributed by atoms with Crippen LogP contribution in [0.15, 0.2) is 28.9 Å². The van der Waals surface area contributed by atoms with Crippen LogP contribution in [-0.2, 0) is 6.54 Å². The van der Waals surface area contributed by atoms with Gasteiger partial charge in [-0.1, -0.05) is 0 Å². The third-order valence-corrected chi connectivity index (χ3v) is 3.07. The van der Waals surface area contributed by atoms with Crippen LogP contribution in [0, 0.1) is 0 Å². The molecule has 1 saturated carbocycles. The highest BCUT2D eigenvalue weighted by Crippen LogP contribution is 2.38. The van der Waals surface area contributed by atoms with Crippen molar-refractivity contribution in [1.29, 1.82) is 0 Å². The summed E-state index contributed by atoms with van der Waals surface area (Å²) in [6.07, 6.45) is 4.08. The normalized spacial score (nSPS) is 14.4. The fourth-order valence-corrected chi connectivity index (χ4v) is 1.94. The minimum Gasteiger partial charge on any atom is -0.467 e. The summed E-state index contributed by atoms with van der Waals surface area (Å²) >= 11 is 0. The molecular formula is C14H18N4O. The highest BCUT2D eigenvalue weighted by Gasteiger charge is 2.27. The van der Waals surface area contributed by atoms with Gasteiger partial charge in [-0.15, -0.1) is 0 Å². The summed E-state index contributed by atoms with van der Waals surface area (Å²) in [6.45, 7) is 3.56. The van der Waals surface area contributed by atoms with Gasteiger partial charge in [0.15, 0.2) is 0 Å². The fourth-order valence-electron chi connectivity index (χ4n) is 1.94. The first kappa shape index (κ1) is 12.0. The molecule has 5 heteroatoms. The Kier molecular flexibility index (Phi) is 3.35. The molecule has 19 heavy (non-hydrogen) atoms. The molecule has 3 rings (SSSR count). The first-order chi connectivity index (χ1) is 9.35. The zero-order valence-corrected chi connectivity index (χ0v) is 11.0. The van der Waals surface area contributed by atoms with Crippen LogP contribution >= 0.6 is 0 Å². The number of rotatable bonds is 6. The lowest BCUT2D eigenvalue weighted by atomic mass is 10.3. The van der Waals surface area contributed by atoms with E-state index >= 15 is 0 Å². The van der Waals surface area contributed by atoms with E-state index in [2.05, 4.69) is 27.5 Å². The number of nitrogens with zero attached hydrogens (tertiary/aromatic N) is 2.